The highest BCUT2D eigenvalue weighted by Crippen LogP contribution is 2.38. The Morgan fingerprint density at radius 3 is 2.15 bits per heavy atom. The Morgan fingerprint density at radius 1 is 0.824 bits per heavy atom. The smallest absolute Gasteiger partial charge is 0.282 e. The van der Waals surface area contributed by atoms with E-state index in [0.717, 1.165) is 4.90 Å². The summed E-state index contributed by atoms with van der Waals surface area (Å²) >= 11 is 0. The van der Waals surface area contributed by atoms with Gasteiger partial charge in [0.05, 0.1) is 18.4 Å². The van der Waals surface area contributed by atoms with E-state index in [9.17, 15) is 14.0 Å². The van der Waals surface area contributed by atoms with Crippen LogP contribution in [0.15, 0.2) is 72.7 Å². The Bertz CT molecular complexity index is 1260. The van der Waals surface area contributed by atoms with Crippen LogP contribution < -0.4 is 14.5 Å². The number of ether oxygens (including phenoxy) is 1. The standard InChI is InChI=1S/C25H22FN5O3/c1-34-20-6-3-2-5-19(20)21-22(24(33)31(23(21)32)18-9-7-17(26)8-10-18)29-13-15-30(16-14-29)25-27-11-4-12-28-25/h2-12H,13-16H2,1H3. The number of benzene rings is 2. The Hall–Kier alpha value is -4.27. The number of amides is 2. The Kier molecular flexibility index (Phi) is 5.67. The maximum Gasteiger partial charge on any atom is 0.282 e. The predicted octanol–water partition coefficient (Wildman–Crippen LogP) is 2.73. The largest absolute Gasteiger partial charge is 0.496 e. The van der Waals surface area contributed by atoms with E-state index in [1.807, 2.05) is 9.80 Å². The van der Waals surface area contributed by atoms with Gasteiger partial charge in [0, 0.05) is 44.1 Å². The molecule has 8 nitrogen and oxygen atoms in total. The first-order valence-electron chi connectivity index (χ1n) is 10.9. The summed E-state index contributed by atoms with van der Waals surface area (Å²) in [6.07, 6.45) is 3.38. The second kappa shape index (κ2) is 8.93. The fourth-order valence-electron chi connectivity index (χ4n) is 4.31. The van der Waals surface area contributed by atoms with Gasteiger partial charge in [0.15, 0.2) is 0 Å². The number of carbonyl (C=O) groups excluding carboxylic acids is 2. The fraction of sp³-hybridized carbons (Fsp3) is 0.200. The van der Waals surface area contributed by atoms with E-state index in [1.165, 1.54) is 31.4 Å². The summed E-state index contributed by atoms with van der Waals surface area (Å²) in [6, 6.07) is 14.2. The van der Waals surface area contributed by atoms with E-state index in [1.54, 1.807) is 42.7 Å². The Morgan fingerprint density at radius 2 is 1.47 bits per heavy atom. The molecule has 0 spiro atoms. The van der Waals surface area contributed by atoms with Crippen LogP contribution >= 0.6 is 0 Å². The SMILES string of the molecule is COc1ccccc1C1=C(N2CCN(c3ncccn3)CC2)C(=O)N(c2ccc(F)cc2)C1=O. The van der Waals surface area contributed by atoms with Crippen LogP contribution in [0.2, 0.25) is 0 Å². The van der Waals surface area contributed by atoms with Gasteiger partial charge in [0.2, 0.25) is 5.95 Å². The average molecular weight is 459 g/mol. The quantitative estimate of drug-likeness (QED) is 0.543. The van der Waals surface area contributed by atoms with Crippen LogP contribution in [0.1, 0.15) is 5.56 Å². The number of rotatable bonds is 5. The van der Waals surface area contributed by atoms with E-state index in [4.69, 9.17) is 4.74 Å². The van der Waals surface area contributed by atoms with Crippen molar-refractivity contribution in [2.24, 2.45) is 0 Å². The number of nitrogens with zero attached hydrogens (tertiary/aromatic N) is 5. The lowest BCUT2D eigenvalue weighted by atomic mass is 10.0. The molecule has 0 atom stereocenters. The van der Waals surface area contributed by atoms with Crippen LogP contribution in [0.3, 0.4) is 0 Å². The molecule has 0 saturated carbocycles. The van der Waals surface area contributed by atoms with Crippen molar-refractivity contribution in [1.82, 2.24) is 14.9 Å². The maximum atomic E-state index is 13.7. The zero-order chi connectivity index (χ0) is 23.7. The molecule has 1 aromatic heterocycles. The Balaban J connectivity index is 1.53. The van der Waals surface area contributed by atoms with Crippen LogP contribution in [-0.4, -0.2) is 60.0 Å². The van der Waals surface area contributed by atoms with Gasteiger partial charge in [-0.25, -0.2) is 19.3 Å². The predicted molar refractivity (Wildman–Crippen MR) is 125 cm³/mol. The minimum absolute atomic E-state index is 0.274. The molecule has 3 heterocycles. The number of aromatic nitrogens is 2. The maximum absolute atomic E-state index is 13.7. The summed E-state index contributed by atoms with van der Waals surface area (Å²) in [5.41, 5.74) is 1.44. The molecular formula is C25H22FN5O3. The van der Waals surface area contributed by atoms with Crippen molar-refractivity contribution >= 4 is 29.0 Å². The van der Waals surface area contributed by atoms with Crippen LogP contribution in [0.5, 0.6) is 5.75 Å². The fourth-order valence-corrected chi connectivity index (χ4v) is 4.31. The van der Waals surface area contributed by atoms with Crippen LogP contribution in [0, 0.1) is 5.82 Å². The van der Waals surface area contributed by atoms with Gasteiger partial charge in [0.25, 0.3) is 11.8 Å². The average Bonchev–Trinajstić information content (AvgIpc) is 3.14. The van der Waals surface area contributed by atoms with Crippen molar-refractivity contribution < 1.29 is 18.7 Å². The molecular weight excluding hydrogens is 437 g/mol. The van der Waals surface area contributed by atoms with Gasteiger partial charge in [-0.2, -0.15) is 0 Å². The molecule has 1 fully saturated rings. The van der Waals surface area contributed by atoms with E-state index in [-0.39, 0.29) is 5.57 Å². The molecule has 0 bridgehead atoms. The molecule has 1 saturated heterocycles. The highest BCUT2D eigenvalue weighted by molar-refractivity contribution is 6.45. The third kappa shape index (κ3) is 3.75. The second-order valence-electron chi connectivity index (χ2n) is 7.87. The molecule has 2 aliphatic heterocycles. The topological polar surface area (TPSA) is 78.9 Å². The number of para-hydroxylation sites is 1. The third-order valence-corrected chi connectivity index (χ3v) is 5.95. The highest BCUT2D eigenvalue weighted by atomic mass is 19.1. The number of anilines is 2. The number of carbonyl (C=O) groups is 2. The molecule has 0 aliphatic carbocycles. The van der Waals surface area contributed by atoms with Crippen LogP contribution in [0.4, 0.5) is 16.0 Å². The lowest BCUT2D eigenvalue weighted by molar-refractivity contribution is -0.120. The number of piperazine rings is 1. The van der Waals surface area contributed by atoms with E-state index in [0.29, 0.717) is 54.8 Å². The molecule has 0 N–H and O–H groups in total. The van der Waals surface area contributed by atoms with Gasteiger partial charge in [-0.1, -0.05) is 18.2 Å². The number of hydrogen-bond acceptors (Lipinski definition) is 7. The summed E-state index contributed by atoms with van der Waals surface area (Å²) in [5.74, 6) is -0.233. The van der Waals surface area contributed by atoms with Gasteiger partial charge >= 0.3 is 0 Å². The second-order valence-corrected chi connectivity index (χ2v) is 7.87. The van der Waals surface area contributed by atoms with Crippen molar-refractivity contribution in [3.8, 4) is 5.75 Å². The number of halogens is 1. The van der Waals surface area contributed by atoms with Crippen molar-refractivity contribution in [2.45, 2.75) is 0 Å². The van der Waals surface area contributed by atoms with Gasteiger partial charge in [0.1, 0.15) is 17.3 Å². The van der Waals surface area contributed by atoms with E-state index < -0.39 is 17.6 Å². The monoisotopic (exact) mass is 459 g/mol. The van der Waals surface area contributed by atoms with Crippen molar-refractivity contribution in [3.05, 3.63) is 84.1 Å². The first kappa shape index (κ1) is 21.6. The van der Waals surface area contributed by atoms with Gasteiger partial charge < -0.3 is 14.5 Å². The molecule has 172 valence electrons. The molecule has 3 aromatic rings. The van der Waals surface area contributed by atoms with Gasteiger partial charge in [-0.05, 0) is 36.4 Å². The summed E-state index contributed by atoms with van der Waals surface area (Å²) < 4.78 is 19.0. The highest BCUT2D eigenvalue weighted by Gasteiger charge is 2.44. The van der Waals surface area contributed by atoms with Crippen molar-refractivity contribution in [3.63, 3.8) is 0 Å². The normalized spacial score (nSPS) is 16.5. The summed E-state index contributed by atoms with van der Waals surface area (Å²) in [7, 11) is 1.52. The lowest BCUT2D eigenvalue weighted by Crippen LogP contribution is -2.48. The van der Waals surface area contributed by atoms with Gasteiger partial charge in [-0.15, -0.1) is 0 Å². The number of hydrogen-bond donors (Lipinski definition) is 0. The molecule has 34 heavy (non-hydrogen) atoms. The molecule has 5 rings (SSSR count). The summed E-state index contributed by atoms with van der Waals surface area (Å²) in [6.45, 7) is 2.18. The van der Waals surface area contributed by atoms with Crippen molar-refractivity contribution in [2.75, 3.05) is 43.1 Å². The number of imide groups is 1. The van der Waals surface area contributed by atoms with Crippen LogP contribution in [-0.2, 0) is 9.59 Å². The third-order valence-electron chi connectivity index (χ3n) is 5.95. The first-order chi connectivity index (χ1) is 16.6. The summed E-state index contributed by atoms with van der Waals surface area (Å²) in [4.78, 5) is 41.0. The lowest BCUT2D eigenvalue weighted by Gasteiger charge is -2.36. The van der Waals surface area contributed by atoms with Crippen LogP contribution in [0.25, 0.3) is 5.57 Å². The molecule has 2 amide bonds. The molecule has 2 aromatic carbocycles. The molecule has 2 aliphatic rings. The Labute approximate surface area is 195 Å². The molecule has 0 radical (unpaired) electrons. The zero-order valence-electron chi connectivity index (χ0n) is 18.5. The summed E-state index contributed by atoms with van der Waals surface area (Å²) in [5, 5.41) is 0. The van der Waals surface area contributed by atoms with E-state index >= 15 is 0 Å². The van der Waals surface area contributed by atoms with Crippen molar-refractivity contribution in [1.29, 1.82) is 0 Å². The minimum Gasteiger partial charge on any atom is -0.496 e. The zero-order valence-corrected chi connectivity index (χ0v) is 18.5. The first-order valence-corrected chi connectivity index (χ1v) is 10.9. The molecule has 9 heteroatoms. The van der Waals surface area contributed by atoms with E-state index in [2.05, 4.69) is 9.97 Å². The van der Waals surface area contributed by atoms with Gasteiger partial charge in [-0.3, -0.25) is 9.59 Å². The molecule has 0 unspecified atom stereocenters. The minimum atomic E-state index is -0.468. The number of methoxy groups -OCH3 is 1.